The van der Waals surface area contributed by atoms with Gasteiger partial charge in [-0.1, -0.05) is 55.3 Å². The number of ether oxygens (including phenoxy) is 2. The van der Waals surface area contributed by atoms with Gasteiger partial charge in [0.15, 0.2) is 0 Å². The molecule has 1 N–H and O–H groups in total. The Kier molecular flexibility index (Phi) is 11.0. The minimum Gasteiger partial charge on any atom is -0.497 e. The number of carbonyl (C=O) groups is 2. The maximum absolute atomic E-state index is 14.4. The summed E-state index contributed by atoms with van der Waals surface area (Å²) >= 11 is 0. The van der Waals surface area contributed by atoms with E-state index in [0.29, 0.717) is 11.3 Å². The van der Waals surface area contributed by atoms with Gasteiger partial charge in [0.25, 0.3) is 5.69 Å². The summed E-state index contributed by atoms with van der Waals surface area (Å²) in [5.41, 5.74) is 0.929. The van der Waals surface area contributed by atoms with Crippen LogP contribution in [0.1, 0.15) is 36.8 Å². The third kappa shape index (κ3) is 8.72. The van der Waals surface area contributed by atoms with Crippen LogP contribution in [0, 0.1) is 10.1 Å². The number of nitrogens with one attached hydrogen (secondary N) is 1. The van der Waals surface area contributed by atoms with Gasteiger partial charge >= 0.3 is 0 Å². The molecule has 3 aromatic carbocycles. The molecule has 1 aliphatic carbocycles. The van der Waals surface area contributed by atoms with Crippen LogP contribution in [0.15, 0.2) is 72.8 Å². The zero-order valence-electron chi connectivity index (χ0n) is 25.5. The van der Waals surface area contributed by atoms with Crippen molar-refractivity contribution in [3.8, 4) is 11.5 Å². The molecule has 1 fully saturated rings. The number of nitrogens with zero attached hydrogens (tertiary/aromatic N) is 3. The molecule has 0 radical (unpaired) electrons. The summed E-state index contributed by atoms with van der Waals surface area (Å²) in [5.74, 6) is -0.452. The van der Waals surface area contributed by atoms with E-state index in [2.05, 4.69) is 5.32 Å². The molecule has 240 valence electrons. The average molecular weight is 639 g/mol. The lowest BCUT2D eigenvalue weighted by molar-refractivity contribution is -0.384. The molecule has 3 aromatic rings. The van der Waals surface area contributed by atoms with Gasteiger partial charge in [-0.3, -0.25) is 24.0 Å². The van der Waals surface area contributed by atoms with Gasteiger partial charge in [0.2, 0.25) is 21.8 Å². The number of hydrogen-bond donors (Lipinski definition) is 1. The van der Waals surface area contributed by atoms with Crippen molar-refractivity contribution in [2.45, 2.75) is 50.7 Å². The number of nitro groups is 1. The first-order chi connectivity index (χ1) is 21.5. The van der Waals surface area contributed by atoms with Crippen molar-refractivity contribution < 1.29 is 32.4 Å². The van der Waals surface area contributed by atoms with Gasteiger partial charge in [-0.15, -0.1) is 0 Å². The summed E-state index contributed by atoms with van der Waals surface area (Å²) in [5, 5.41) is 14.7. The summed E-state index contributed by atoms with van der Waals surface area (Å²) in [4.78, 5) is 40.6. The van der Waals surface area contributed by atoms with Crippen LogP contribution >= 0.6 is 0 Å². The van der Waals surface area contributed by atoms with E-state index in [-0.39, 0.29) is 42.0 Å². The average Bonchev–Trinajstić information content (AvgIpc) is 3.54. The molecule has 13 heteroatoms. The number of hydrogen-bond acceptors (Lipinski definition) is 8. The molecule has 0 bridgehead atoms. The van der Waals surface area contributed by atoms with Crippen LogP contribution in [0.4, 0.5) is 11.4 Å². The van der Waals surface area contributed by atoms with Gasteiger partial charge < -0.3 is 19.7 Å². The minimum absolute atomic E-state index is 0.0220. The second-order valence-corrected chi connectivity index (χ2v) is 12.9. The first-order valence-corrected chi connectivity index (χ1v) is 16.4. The molecular formula is C32H38N4O8S. The largest absolute Gasteiger partial charge is 0.497 e. The highest BCUT2D eigenvalue weighted by Crippen LogP contribution is 2.34. The molecule has 1 saturated carbocycles. The molecule has 1 atom stereocenters. The lowest BCUT2D eigenvalue weighted by Gasteiger charge is -2.34. The van der Waals surface area contributed by atoms with Gasteiger partial charge in [-0.05, 0) is 42.2 Å². The molecule has 1 unspecified atom stereocenters. The fraction of sp³-hybridized carbons (Fsp3) is 0.375. The smallest absolute Gasteiger partial charge is 0.271 e. The zero-order valence-corrected chi connectivity index (χ0v) is 26.4. The SMILES string of the molecule is COc1cccc(CN(C(=O)CN(c2cc([N+](=O)[O-])ccc2OC)S(C)(=O)=O)C(Cc2ccccc2)C(=O)NC2CCCC2)c1. The summed E-state index contributed by atoms with van der Waals surface area (Å²) < 4.78 is 37.8. The number of methoxy groups -OCH3 is 2. The van der Waals surface area contributed by atoms with Crippen molar-refractivity contribution in [3.05, 3.63) is 94.0 Å². The number of rotatable bonds is 14. The van der Waals surface area contributed by atoms with Crippen molar-refractivity contribution in [2.24, 2.45) is 0 Å². The van der Waals surface area contributed by atoms with Gasteiger partial charge in [0, 0.05) is 31.1 Å². The number of carbonyl (C=O) groups excluding carboxylic acids is 2. The highest BCUT2D eigenvalue weighted by atomic mass is 32.2. The molecule has 0 spiro atoms. The molecule has 45 heavy (non-hydrogen) atoms. The Hall–Kier alpha value is -4.65. The Balaban J connectivity index is 1.79. The summed E-state index contributed by atoms with van der Waals surface area (Å²) in [6.45, 7) is -0.766. The van der Waals surface area contributed by atoms with Crippen LogP contribution in [0.2, 0.25) is 0 Å². The van der Waals surface area contributed by atoms with Crippen LogP contribution in [-0.2, 0) is 32.6 Å². The van der Waals surface area contributed by atoms with Crippen molar-refractivity contribution in [3.63, 3.8) is 0 Å². The molecule has 0 saturated heterocycles. The number of non-ortho nitro benzene ring substituents is 1. The van der Waals surface area contributed by atoms with Gasteiger partial charge in [-0.2, -0.15) is 0 Å². The summed E-state index contributed by atoms with van der Waals surface area (Å²) in [6.07, 6.45) is 4.74. The molecule has 0 heterocycles. The lowest BCUT2D eigenvalue weighted by atomic mass is 10.0. The van der Waals surface area contributed by atoms with E-state index in [1.54, 1.807) is 24.3 Å². The second kappa shape index (κ2) is 14.9. The maximum atomic E-state index is 14.4. The van der Waals surface area contributed by atoms with Crippen molar-refractivity contribution in [1.29, 1.82) is 0 Å². The van der Waals surface area contributed by atoms with E-state index in [1.165, 1.54) is 31.3 Å². The van der Waals surface area contributed by atoms with Crippen LogP contribution in [0.25, 0.3) is 0 Å². The van der Waals surface area contributed by atoms with E-state index < -0.39 is 33.4 Å². The topological polar surface area (TPSA) is 148 Å². The Labute approximate surface area is 263 Å². The lowest BCUT2D eigenvalue weighted by Crippen LogP contribution is -2.54. The second-order valence-electron chi connectivity index (χ2n) is 11.0. The molecule has 0 aromatic heterocycles. The molecule has 12 nitrogen and oxygen atoms in total. The molecule has 2 amide bonds. The number of amides is 2. The molecular weight excluding hydrogens is 600 g/mol. The Morgan fingerprint density at radius 2 is 1.67 bits per heavy atom. The Morgan fingerprint density at radius 3 is 2.29 bits per heavy atom. The Bertz CT molecular complexity index is 1610. The Morgan fingerprint density at radius 1 is 0.978 bits per heavy atom. The van der Waals surface area contributed by atoms with Crippen molar-refractivity contribution >= 4 is 33.2 Å². The van der Waals surface area contributed by atoms with Crippen LogP contribution < -0.4 is 19.1 Å². The highest BCUT2D eigenvalue weighted by Gasteiger charge is 2.35. The minimum atomic E-state index is -4.17. The third-order valence-corrected chi connectivity index (χ3v) is 8.91. The maximum Gasteiger partial charge on any atom is 0.271 e. The third-order valence-electron chi connectivity index (χ3n) is 7.78. The number of benzene rings is 3. The van der Waals surface area contributed by atoms with Crippen molar-refractivity contribution in [1.82, 2.24) is 10.2 Å². The number of anilines is 1. The van der Waals surface area contributed by atoms with E-state index >= 15 is 0 Å². The van der Waals surface area contributed by atoms with E-state index in [4.69, 9.17) is 9.47 Å². The van der Waals surface area contributed by atoms with Gasteiger partial charge in [0.1, 0.15) is 29.8 Å². The highest BCUT2D eigenvalue weighted by molar-refractivity contribution is 7.92. The predicted octanol–water partition coefficient (Wildman–Crippen LogP) is 4.08. The van der Waals surface area contributed by atoms with E-state index in [9.17, 15) is 28.1 Å². The zero-order chi connectivity index (χ0) is 32.6. The van der Waals surface area contributed by atoms with E-state index in [1.807, 2.05) is 30.3 Å². The van der Waals surface area contributed by atoms with E-state index in [0.717, 1.165) is 47.9 Å². The van der Waals surface area contributed by atoms with Crippen LogP contribution in [0.3, 0.4) is 0 Å². The first kappa shape index (κ1) is 33.2. The van der Waals surface area contributed by atoms with Crippen LogP contribution in [0.5, 0.6) is 11.5 Å². The molecule has 1 aliphatic rings. The predicted molar refractivity (Wildman–Crippen MR) is 170 cm³/mol. The monoisotopic (exact) mass is 638 g/mol. The summed E-state index contributed by atoms with van der Waals surface area (Å²) in [6, 6.07) is 18.8. The molecule has 0 aliphatic heterocycles. The van der Waals surface area contributed by atoms with Gasteiger partial charge in [-0.25, -0.2) is 8.42 Å². The summed E-state index contributed by atoms with van der Waals surface area (Å²) in [7, 11) is -1.35. The quantitative estimate of drug-likeness (QED) is 0.205. The number of sulfonamides is 1. The normalized spacial score (nSPS) is 13.9. The standard InChI is InChI=1S/C32H38N4O8S/c1-43-27-15-9-12-24(18-27)21-34(29(19-23-10-5-4-6-11-23)32(38)33-25-13-7-8-14-25)31(37)22-35(45(3,41)42)28-20-26(36(39)40)16-17-30(28)44-2/h4-6,9-12,15-18,20,25,29H,7-8,13-14,19,21-22H2,1-3H3,(H,33,38). The number of nitro benzene ring substituents is 1. The van der Waals surface area contributed by atoms with Crippen molar-refractivity contribution in [2.75, 3.05) is 31.3 Å². The van der Waals surface area contributed by atoms with Gasteiger partial charge in [0.05, 0.1) is 25.4 Å². The fourth-order valence-corrected chi connectivity index (χ4v) is 6.32. The first-order valence-electron chi connectivity index (χ1n) is 14.6. The van der Waals surface area contributed by atoms with Crippen LogP contribution in [-0.4, -0.2) is 69.2 Å². The fourth-order valence-electron chi connectivity index (χ4n) is 5.47. The molecule has 4 rings (SSSR count).